The normalized spacial score (nSPS) is 27.3. The molecule has 0 aromatic carbocycles. The molecule has 0 radical (unpaired) electrons. The topological polar surface area (TPSA) is 55.9 Å². The lowest BCUT2D eigenvalue weighted by Crippen LogP contribution is -2.56. The molecule has 6 nitrogen and oxygen atoms in total. The van der Waals surface area contributed by atoms with E-state index in [-0.39, 0.29) is 0 Å². The number of piperidine rings is 1. The Labute approximate surface area is 129 Å². The number of piperazine rings is 1. The molecule has 0 aliphatic carbocycles. The first-order valence-electron chi connectivity index (χ1n) is 8.09. The molecular formula is C14H30N4O2S. The van der Waals surface area contributed by atoms with Crippen molar-refractivity contribution in [3.63, 3.8) is 0 Å². The number of hydrogen-bond donors (Lipinski definition) is 1. The fourth-order valence-corrected chi connectivity index (χ4v) is 5.02. The first-order chi connectivity index (χ1) is 9.95. The Hall–Kier alpha value is -0.210. The van der Waals surface area contributed by atoms with Crippen molar-refractivity contribution in [1.29, 1.82) is 0 Å². The van der Waals surface area contributed by atoms with Crippen molar-refractivity contribution in [2.24, 2.45) is 5.92 Å². The van der Waals surface area contributed by atoms with Crippen LogP contribution in [0.15, 0.2) is 0 Å². The fraction of sp³-hybridized carbons (Fsp3) is 1.00. The van der Waals surface area contributed by atoms with Crippen LogP contribution in [0.4, 0.5) is 0 Å². The fourth-order valence-electron chi connectivity index (χ4n) is 3.31. The van der Waals surface area contributed by atoms with Gasteiger partial charge in [0.1, 0.15) is 0 Å². The highest BCUT2D eigenvalue weighted by atomic mass is 32.2. The number of hydrogen-bond acceptors (Lipinski definition) is 4. The standard InChI is InChI=1S/C14H30N4O2S/c1-13(2)16-7-9-17(10-8-16)21(19,20)18-6-4-5-14(12-18)11-15-3/h13-15H,4-12H2,1-3H3. The Balaban J connectivity index is 1.95. The molecule has 0 spiro atoms. The van der Waals surface area contributed by atoms with Crippen molar-refractivity contribution in [1.82, 2.24) is 18.8 Å². The molecule has 21 heavy (non-hydrogen) atoms. The summed E-state index contributed by atoms with van der Waals surface area (Å²) in [5.41, 5.74) is 0. The van der Waals surface area contributed by atoms with Crippen LogP contribution >= 0.6 is 0 Å². The maximum atomic E-state index is 12.8. The Bertz CT molecular complexity index is 417. The Morgan fingerprint density at radius 3 is 2.33 bits per heavy atom. The van der Waals surface area contributed by atoms with Gasteiger partial charge in [0.2, 0.25) is 0 Å². The van der Waals surface area contributed by atoms with Gasteiger partial charge in [-0.3, -0.25) is 4.90 Å². The number of nitrogens with one attached hydrogen (secondary N) is 1. The third-order valence-corrected chi connectivity index (χ3v) is 6.63. The molecule has 124 valence electrons. The van der Waals surface area contributed by atoms with E-state index in [2.05, 4.69) is 24.1 Å². The van der Waals surface area contributed by atoms with Crippen LogP contribution in [0.3, 0.4) is 0 Å². The predicted octanol–water partition coefficient (Wildman–Crippen LogP) is 0.189. The SMILES string of the molecule is CNCC1CCCN(S(=O)(=O)N2CCN(C(C)C)CC2)C1. The minimum absolute atomic E-state index is 0.440. The number of rotatable bonds is 5. The molecule has 0 saturated carbocycles. The molecule has 2 saturated heterocycles. The van der Waals surface area contributed by atoms with Gasteiger partial charge >= 0.3 is 0 Å². The first kappa shape index (κ1) is 17.1. The van der Waals surface area contributed by atoms with Crippen molar-refractivity contribution in [3.8, 4) is 0 Å². The van der Waals surface area contributed by atoms with Crippen molar-refractivity contribution < 1.29 is 8.42 Å². The molecule has 2 rings (SSSR count). The summed E-state index contributed by atoms with van der Waals surface area (Å²) in [6, 6.07) is 0.491. The second-order valence-electron chi connectivity index (χ2n) is 6.46. The van der Waals surface area contributed by atoms with E-state index in [9.17, 15) is 8.42 Å². The molecular weight excluding hydrogens is 288 g/mol. The zero-order chi connectivity index (χ0) is 15.5. The van der Waals surface area contributed by atoms with Gasteiger partial charge in [-0.05, 0) is 46.2 Å². The van der Waals surface area contributed by atoms with Crippen molar-refractivity contribution in [2.45, 2.75) is 32.7 Å². The maximum absolute atomic E-state index is 12.8. The summed E-state index contributed by atoms with van der Waals surface area (Å²) in [6.07, 6.45) is 2.09. The molecule has 2 heterocycles. The molecule has 1 unspecified atom stereocenters. The lowest BCUT2D eigenvalue weighted by atomic mass is 10.00. The van der Waals surface area contributed by atoms with Gasteiger partial charge in [0.25, 0.3) is 10.2 Å². The van der Waals surface area contributed by atoms with E-state index in [1.807, 2.05) is 7.05 Å². The lowest BCUT2D eigenvalue weighted by Gasteiger charge is -2.40. The van der Waals surface area contributed by atoms with Gasteiger partial charge < -0.3 is 5.32 Å². The van der Waals surface area contributed by atoms with Crippen LogP contribution in [0.2, 0.25) is 0 Å². The summed E-state index contributed by atoms with van der Waals surface area (Å²) in [7, 11) is -1.34. The summed E-state index contributed by atoms with van der Waals surface area (Å²) >= 11 is 0. The smallest absolute Gasteiger partial charge is 0.282 e. The average molecular weight is 318 g/mol. The minimum atomic E-state index is -3.27. The average Bonchev–Trinajstić information content (AvgIpc) is 2.48. The van der Waals surface area contributed by atoms with E-state index >= 15 is 0 Å². The lowest BCUT2D eigenvalue weighted by molar-refractivity contribution is 0.145. The summed E-state index contributed by atoms with van der Waals surface area (Å²) in [5, 5.41) is 3.17. The molecule has 2 aliphatic rings. The number of nitrogens with zero attached hydrogens (tertiary/aromatic N) is 3. The van der Waals surface area contributed by atoms with Gasteiger partial charge in [0, 0.05) is 45.3 Å². The van der Waals surface area contributed by atoms with E-state index in [1.54, 1.807) is 8.61 Å². The summed E-state index contributed by atoms with van der Waals surface area (Å²) in [5.74, 6) is 0.440. The van der Waals surface area contributed by atoms with E-state index in [0.29, 0.717) is 38.1 Å². The maximum Gasteiger partial charge on any atom is 0.282 e. The van der Waals surface area contributed by atoms with E-state index in [1.165, 1.54) is 0 Å². The predicted molar refractivity (Wildman–Crippen MR) is 85.4 cm³/mol. The Morgan fingerprint density at radius 1 is 1.10 bits per heavy atom. The second kappa shape index (κ2) is 7.37. The van der Waals surface area contributed by atoms with Crippen LogP contribution < -0.4 is 5.32 Å². The molecule has 1 atom stereocenters. The zero-order valence-electron chi connectivity index (χ0n) is 13.6. The van der Waals surface area contributed by atoms with Crippen molar-refractivity contribution >= 4 is 10.2 Å². The molecule has 1 N–H and O–H groups in total. The van der Waals surface area contributed by atoms with E-state index < -0.39 is 10.2 Å². The van der Waals surface area contributed by atoms with Gasteiger partial charge in [-0.2, -0.15) is 17.0 Å². The van der Waals surface area contributed by atoms with Crippen LogP contribution in [-0.4, -0.2) is 80.8 Å². The monoisotopic (exact) mass is 318 g/mol. The highest BCUT2D eigenvalue weighted by Gasteiger charge is 2.35. The van der Waals surface area contributed by atoms with Gasteiger partial charge in [-0.15, -0.1) is 0 Å². The third kappa shape index (κ3) is 4.16. The minimum Gasteiger partial charge on any atom is -0.319 e. The van der Waals surface area contributed by atoms with Gasteiger partial charge in [-0.25, -0.2) is 0 Å². The highest BCUT2D eigenvalue weighted by Crippen LogP contribution is 2.21. The quantitative estimate of drug-likeness (QED) is 0.786. The van der Waals surface area contributed by atoms with Crippen molar-refractivity contribution in [2.75, 3.05) is 52.9 Å². The third-order valence-electron chi connectivity index (χ3n) is 4.63. The van der Waals surface area contributed by atoms with Crippen molar-refractivity contribution in [3.05, 3.63) is 0 Å². The summed E-state index contributed by atoms with van der Waals surface area (Å²) < 4.78 is 28.9. The van der Waals surface area contributed by atoms with E-state index in [4.69, 9.17) is 0 Å². The van der Waals surface area contributed by atoms with Crippen LogP contribution in [0.25, 0.3) is 0 Å². The first-order valence-corrected chi connectivity index (χ1v) is 9.48. The second-order valence-corrected chi connectivity index (χ2v) is 8.39. The molecule has 0 aromatic rings. The Kier molecular flexibility index (Phi) is 6.02. The molecule has 2 aliphatic heterocycles. The highest BCUT2D eigenvalue weighted by molar-refractivity contribution is 7.86. The molecule has 0 amide bonds. The molecule has 0 bridgehead atoms. The summed E-state index contributed by atoms with van der Waals surface area (Å²) in [4.78, 5) is 2.34. The van der Waals surface area contributed by atoms with Crippen LogP contribution in [0, 0.1) is 5.92 Å². The Morgan fingerprint density at radius 2 is 1.76 bits per heavy atom. The van der Waals surface area contributed by atoms with Crippen LogP contribution in [0.5, 0.6) is 0 Å². The zero-order valence-corrected chi connectivity index (χ0v) is 14.4. The molecule has 0 aromatic heterocycles. The van der Waals surface area contributed by atoms with Gasteiger partial charge in [0.15, 0.2) is 0 Å². The largest absolute Gasteiger partial charge is 0.319 e. The van der Waals surface area contributed by atoms with Gasteiger partial charge in [-0.1, -0.05) is 0 Å². The van der Waals surface area contributed by atoms with Gasteiger partial charge in [0.05, 0.1) is 0 Å². The van der Waals surface area contributed by atoms with Crippen LogP contribution in [-0.2, 0) is 10.2 Å². The molecule has 2 fully saturated rings. The summed E-state index contributed by atoms with van der Waals surface area (Å²) in [6.45, 7) is 9.47. The molecule has 7 heteroatoms. The van der Waals surface area contributed by atoms with Crippen LogP contribution in [0.1, 0.15) is 26.7 Å². The van der Waals surface area contributed by atoms with E-state index in [0.717, 1.165) is 32.5 Å².